The minimum atomic E-state index is -0.0467. The predicted octanol–water partition coefficient (Wildman–Crippen LogP) is 6.38. The van der Waals surface area contributed by atoms with E-state index in [1.807, 2.05) is 43.3 Å². The molecule has 0 heterocycles. The molecule has 29 heavy (non-hydrogen) atoms. The van der Waals surface area contributed by atoms with Gasteiger partial charge in [0.2, 0.25) is 0 Å². The van der Waals surface area contributed by atoms with Crippen molar-refractivity contribution >= 4 is 33.1 Å². The van der Waals surface area contributed by atoms with Crippen molar-refractivity contribution in [1.82, 2.24) is 0 Å². The number of carbonyl (C=O) groups excluding carboxylic acids is 1. The number of carbonyl (C=O) groups is 1. The molecule has 3 aromatic rings. The number of halogens is 1. The molecule has 148 valence electrons. The van der Waals surface area contributed by atoms with Crippen LogP contribution in [0, 0.1) is 20.8 Å². The van der Waals surface area contributed by atoms with Crippen molar-refractivity contribution < 1.29 is 4.79 Å². The number of benzene rings is 3. The summed E-state index contributed by atoms with van der Waals surface area (Å²) in [6, 6.07) is 19.7. The first kappa shape index (κ1) is 20.9. The first-order valence-corrected chi connectivity index (χ1v) is 10.3. The maximum absolute atomic E-state index is 12.8. The van der Waals surface area contributed by atoms with Crippen molar-refractivity contribution in [1.29, 1.82) is 0 Å². The first-order chi connectivity index (χ1) is 13.8. The van der Waals surface area contributed by atoms with Gasteiger partial charge in [0.15, 0.2) is 5.78 Å². The molecule has 0 saturated heterocycles. The molecule has 0 atom stereocenters. The van der Waals surface area contributed by atoms with E-state index >= 15 is 0 Å². The van der Waals surface area contributed by atoms with Gasteiger partial charge in [-0.15, -0.1) is 0 Å². The molecule has 0 aliphatic rings. The molecular weight excluding hydrogens is 424 g/mol. The van der Waals surface area contributed by atoms with Gasteiger partial charge in [0, 0.05) is 28.2 Å². The quantitative estimate of drug-likeness (QED) is 0.261. The van der Waals surface area contributed by atoms with E-state index in [4.69, 9.17) is 5.73 Å². The number of aryl methyl sites for hydroxylation is 3. The van der Waals surface area contributed by atoms with E-state index < -0.39 is 0 Å². The summed E-state index contributed by atoms with van der Waals surface area (Å²) in [4.78, 5) is 12.8. The third-order valence-electron chi connectivity index (χ3n) is 4.91. The SMILES string of the molecule is Cc1ccc(C/C(=C/C(=O)c2ccc(Br)cc2)Nc2cc(C)c(C)cc2N)cc1. The molecule has 3 aromatic carbocycles. The molecule has 0 amide bonds. The van der Waals surface area contributed by atoms with Crippen LogP contribution in [-0.4, -0.2) is 5.78 Å². The number of allylic oxidation sites excluding steroid dienone is 2. The number of anilines is 2. The van der Waals surface area contributed by atoms with Gasteiger partial charge in [-0.25, -0.2) is 0 Å². The summed E-state index contributed by atoms with van der Waals surface area (Å²) in [7, 11) is 0. The summed E-state index contributed by atoms with van der Waals surface area (Å²) in [5, 5.41) is 3.40. The van der Waals surface area contributed by atoms with E-state index in [0.29, 0.717) is 17.7 Å². The van der Waals surface area contributed by atoms with E-state index in [2.05, 4.69) is 59.4 Å². The number of ketones is 1. The van der Waals surface area contributed by atoms with Crippen molar-refractivity contribution in [2.75, 3.05) is 11.1 Å². The van der Waals surface area contributed by atoms with E-state index in [0.717, 1.165) is 32.5 Å². The largest absolute Gasteiger partial charge is 0.397 e. The van der Waals surface area contributed by atoms with Crippen LogP contribution in [-0.2, 0) is 6.42 Å². The molecule has 0 saturated carbocycles. The summed E-state index contributed by atoms with van der Waals surface area (Å²) in [5.74, 6) is -0.0467. The summed E-state index contributed by atoms with van der Waals surface area (Å²) in [5.41, 5.74) is 13.8. The second-order valence-electron chi connectivity index (χ2n) is 7.35. The fraction of sp³-hybridized carbons (Fsp3) is 0.160. The van der Waals surface area contributed by atoms with Crippen molar-refractivity contribution in [3.63, 3.8) is 0 Å². The molecule has 0 aliphatic carbocycles. The summed E-state index contributed by atoms with van der Waals surface area (Å²) < 4.78 is 0.943. The van der Waals surface area contributed by atoms with Crippen LogP contribution in [0.5, 0.6) is 0 Å². The lowest BCUT2D eigenvalue weighted by Gasteiger charge is -2.15. The highest BCUT2D eigenvalue weighted by Crippen LogP contribution is 2.25. The van der Waals surface area contributed by atoms with Gasteiger partial charge in [0.1, 0.15) is 0 Å². The normalized spacial score (nSPS) is 11.4. The average Bonchev–Trinajstić information content (AvgIpc) is 2.68. The zero-order chi connectivity index (χ0) is 21.0. The molecular formula is C25H25BrN2O. The molecule has 0 bridgehead atoms. The smallest absolute Gasteiger partial charge is 0.187 e. The van der Waals surface area contributed by atoms with Gasteiger partial charge in [-0.05, 0) is 73.9 Å². The standard InChI is InChI=1S/C25H25BrN2O/c1-16-4-6-19(7-5-16)14-22(15-25(29)20-8-10-21(26)11-9-20)28-24-13-18(3)17(2)12-23(24)27/h4-13,15,28H,14,27H2,1-3H3/b22-15-. The van der Waals surface area contributed by atoms with Gasteiger partial charge < -0.3 is 11.1 Å². The fourth-order valence-corrected chi connectivity index (χ4v) is 3.30. The van der Waals surface area contributed by atoms with Crippen LogP contribution in [0.25, 0.3) is 0 Å². The highest BCUT2D eigenvalue weighted by molar-refractivity contribution is 9.10. The summed E-state index contributed by atoms with van der Waals surface area (Å²) >= 11 is 3.41. The zero-order valence-electron chi connectivity index (χ0n) is 16.9. The number of hydrogen-bond donors (Lipinski definition) is 2. The molecule has 0 unspecified atom stereocenters. The Morgan fingerprint density at radius 3 is 2.24 bits per heavy atom. The number of nitrogens with one attached hydrogen (secondary N) is 1. The van der Waals surface area contributed by atoms with Crippen LogP contribution in [0.4, 0.5) is 11.4 Å². The lowest BCUT2D eigenvalue weighted by atomic mass is 10.0. The highest BCUT2D eigenvalue weighted by Gasteiger charge is 2.10. The van der Waals surface area contributed by atoms with Crippen molar-refractivity contribution in [2.24, 2.45) is 0 Å². The van der Waals surface area contributed by atoms with Crippen molar-refractivity contribution in [3.8, 4) is 0 Å². The Kier molecular flexibility index (Phi) is 6.55. The van der Waals surface area contributed by atoms with Gasteiger partial charge in [0.05, 0.1) is 11.4 Å². The third kappa shape index (κ3) is 5.58. The zero-order valence-corrected chi connectivity index (χ0v) is 18.5. The highest BCUT2D eigenvalue weighted by atomic mass is 79.9. The summed E-state index contributed by atoms with van der Waals surface area (Å²) in [6.45, 7) is 6.15. The van der Waals surface area contributed by atoms with E-state index in [1.165, 1.54) is 5.56 Å². The van der Waals surface area contributed by atoms with Crippen LogP contribution < -0.4 is 11.1 Å². The van der Waals surface area contributed by atoms with E-state index in [-0.39, 0.29) is 5.78 Å². The Morgan fingerprint density at radius 1 is 0.966 bits per heavy atom. The second kappa shape index (κ2) is 9.10. The minimum absolute atomic E-state index is 0.0467. The average molecular weight is 449 g/mol. The van der Waals surface area contributed by atoms with Crippen molar-refractivity contribution in [2.45, 2.75) is 27.2 Å². The molecule has 3 rings (SSSR count). The lowest BCUT2D eigenvalue weighted by molar-refractivity contribution is 0.104. The molecule has 0 fully saturated rings. The Morgan fingerprint density at radius 2 is 1.59 bits per heavy atom. The lowest BCUT2D eigenvalue weighted by Crippen LogP contribution is -2.09. The van der Waals surface area contributed by atoms with Gasteiger partial charge >= 0.3 is 0 Å². The Labute approximate surface area is 180 Å². The minimum Gasteiger partial charge on any atom is -0.397 e. The molecule has 0 aliphatic heterocycles. The fourth-order valence-electron chi connectivity index (χ4n) is 3.03. The second-order valence-corrected chi connectivity index (χ2v) is 8.27. The Bertz CT molecular complexity index is 1050. The van der Waals surface area contributed by atoms with E-state index in [9.17, 15) is 4.79 Å². The maximum atomic E-state index is 12.8. The van der Waals surface area contributed by atoms with Crippen LogP contribution in [0.1, 0.15) is 32.6 Å². The van der Waals surface area contributed by atoms with Gasteiger partial charge in [-0.1, -0.05) is 45.8 Å². The van der Waals surface area contributed by atoms with Gasteiger partial charge in [-0.3, -0.25) is 4.79 Å². The monoisotopic (exact) mass is 448 g/mol. The predicted molar refractivity (Wildman–Crippen MR) is 125 cm³/mol. The molecule has 0 spiro atoms. The van der Waals surface area contributed by atoms with Crippen LogP contribution in [0.3, 0.4) is 0 Å². The van der Waals surface area contributed by atoms with Gasteiger partial charge in [-0.2, -0.15) is 0 Å². The molecule has 0 aromatic heterocycles. The van der Waals surface area contributed by atoms with Gasteiger partial charge in [0.25, 0.3) is 0 Å². The summed E-state index contributed by atoms with van der Waals surface area (Å²) in [6.07, 6.45) is 2.27. The molecule has 4 heteroatoms. The van der Waals surface area contributed by atoms with Crippen LogP contribution in [0.15, 0.2) is 76.9 Å². The Balaban J connectivity index is 1.94. The maximum Gasteiger partial charge on any atom is 0.187 e. The topological polar surface area (TPSA) is 55.1 Å². The number of rotatable bonds is 6. The van der Waals surface area contributed by atoms with Crippen LogP contribution in [0.2, 0.25) is 0 Å². The number of nitrogen functional groups attached to an aromatic ring is 1. The third-order valence-corrected chi connectivity index (χ3v) is 5.44. The van der Waals surface area contributed by atoms with Crippen molar-refractivity contribution in [3.05, 3.63) is 105 Å². The molecule has 3 nitrogen and oxygen atoms in total. The van der Waals surface area contributed by atoms with Crippen LogP contribution >= 0.6 is 15.9 Å². The van der Waals surface area contributed by atoms with E-state index in [1.54, 1.807) is 6.08 Å². The molecule has 0 radical (unpaired) electrons. The Hall–Kier alpha value is -2.85. The number of hydrogen-bond acceptors (Lipinski definition) is 3. The first-order valence-electron chi connectivity index (χ1n) is 9.51. The molecule has 3 N–H and O–H groups in total. The number of nitrogens with two attached hydrogens (primary N) is 1.